The van der Waals surface area contributed by atoms with Gasteiger partial charge >= 0.3 is 0 Å². The molecule has 0 saturated heterocycles. The summed E-state index contributed by atoms with van der Waals surface area (Å²) in [4.78, 5) is 11.5. The van der Waals surface area contributed by atoms with Gasteiger partial charge < -0.3 is 0 Å². The summed E-state index contributed by atoms with van der Waals surface area (Å²) in [6.45, 7) is 11.5. The lowest BCUT2D eigenvalue weighted by Crippen LogP contribution is -2.21. The van der Waals surface area contributed by atoms with E-state index in [0.29, 0.717) is 12.8 Å². The second-order valence-electron chi connectivity index (χ2n) is 7.55. The van der Waals surface area contributed by atoms with Gasteiger partial charge in [0.25, 0.3) is 0 Å². The summed E-state index contributed by atoms with van der Waals surface area (Å²) in [6, 6.07) is 2.01. The molecule has 170 valence electrons. The normalized spacial score (nSPS) is 19.9. The minimum absolute atomic E-state index is 0.0174. The molecule has 2 rings (SSSR count). The van der Waals surface area contributed by atoms with Crippen molar-refractivity contribution in [2.45, 2.75) is 65.2 Å². The molecular weight excluding hydrogens is 413 g/mol. The number of rotatable bonds is 9. The standard InChI is InChI=1S/C14H21F2OP.C11H14N2/c1-3-5-9(6-11(17)4-2)10-7-12(15)14(16)13(18)8-10;1-4-6-10(7-5-2)11-8-9(3)12-13-11/h7-9,13-14H,3-6,18H2,1-2H3;4-8H,1H2,2-3H3,(H,12,13)/b;7-5-,10-6+. The average molecular weight is 449 g/mol. The van der Waals surface area contributed by atoms with Crippen LogP contribution in [0.2, 0.25) is 0 Å². The number of carbonyl (C=O) groups is 1. The number of halogens is 2. The molecule has 0 spiro atoms. The van der Waals surface area contributed by atoms with Crippen LogP contribution < -0.4 is 0 Å². The van der Waals surface area contributed by atoms with Gasteiger partial charge in [-0.05, 0) is 43.9 Å². The van der Waals surface area contributed by atoms with Gasteiger partial charge in [-0.15, -0.1) is 9.24 Å². The molecule has 0 radical (unpaired) electrons. The van der Waals surface area contributed by atoms with E-state index in [1.165, 1.54) is 6.08 Å². The highest BCUT2D eigenvalue weighted by atomic mass is 31.0. The fourth-order valence-corrected chi connectivity index (χ4v) is 3.69. The molecule has 0 fully saturated rings. The minimum Gasteiger partial charge on any atom is -0.300 e. The van der Waals surface area contributed by atoms with Crippen molar-refractivity contribution in [2.75, 3.05) is 0 Å². The second kappa shape index (κ2) is 14.0. The Balaban J connectivity index is 0.000000327. The average Bonchev–Trinajstić information content (AvgIpc) is 3.17. The van der Waals surface area contributed by atoms with Gasteiger partial charge in [-0.2, -0.15) is 5.10 Å². The van der Waals surface area contributed by atoms with Crippen molar-refractivity contribution < 1.29 is 13.6 Å². The van der Waals surface area contributed by atoms with Crippen molar-refractivity contribution in [3.05, 3.63) is 71.9 Å². The zero-order valence-electron chi connectivity index (χ0n) is 19.0. The smallest absolute Gasteiger partial charge is 0.161 e. The van der Waals surface area contributed by atoms with Crippen LogP contribution in [0.5, 0.6) is 0 Å². The van der Waals surface area contributed by atoms with Crippen molar-refractivity contribution in [3.8, 4) is 0 Å². The molecule has 0 aromatic carbocycles. The highest BCUT2D eigenvalue weighted by Crippen LogP contribution is 2.33. The molecule has 4 atom stereocenters. The third kappa shape index (κ3) is 8.86. The van der Waals surface area contributed by atoms with Crippen LogP contribution in [0.1, 0.15) is 57.8 Å². The van der Waals surface area contributed by atoms with Crippen molar-refractivity contribution in [1.29, 1.82) is 0 Å². The Morgan fingerprint density at radius 3 is 2.61 bits per heavy atom. The molecule has 31 heavy (non-hydrogen) atoms. The minimum atomic E-state index is -1.57. The van der Waals surface area contributed by atoms with Crippen LogP contribution in [-0.2, 0) is 4.79 Å². The second-order valence-corrected chi connectivity index (χ2v) is 8.32. The SMILES string of the molecule is C=C/C=C(\C=C/C)c1cc(C)[nH]n1.CCCC(CC(=O)CC)C1=CC(P)C(F)C(F)=C1. The quantitative estimate of drug-likeness (QED) is 0.326. The predicted molar refractivity (Wildman–Crippen MR) is 130 cm³/mol. The third-order valence-electron chi connectivity index (χ3n) is 4.91. The maximum Gasteiger partial charge on any atom is 0.161 e. The molecule has 1 heterocycles. The van der Waals surface area contributed by atoms with Gasteiger partial charge in [-0.1, -0.05) is 57.2 Å². The van der Waals surface area contributed by atoms with Gasteiger partial charge in [-0.25, -0.2) is 8.78 Å². The number of allylic oxidation sites excluding steroid dienone is 9. The number of hydrogen-bond donors (Lipinski definition) is 1. The number of aryl methyl sites for hydroxylation is 1. The van der Waals surface area contributed by atoms with Gasteiger partial charge in [0, 0.05) is 29.8 Å². The Hall–Kier alpha value is -2.13. The van der Waals surface area contributed by atoms with Crippen molar-refractivity contribution in [1.82, 2.24) is 10.2 Å². The van der Waals surface area contributed by atoms with E-state index in [-0.39, 0.29) is 11.7 Å². The molecule has 0 bridgehead atoms. The summed E-state index contributed by atoms with van der Waals surface area (Å²) in [6.07, 6.45) is 11.8. The molecule has 1 aromatic rings. The van der Waals surface area contributed by atoms with Gasteiger partial charge in [0.15, 0.2) is 6.17 Å². The van der Waals surface area contributed by atoms with E-state index in [1.54, 1.807) is 12.2 Å². The number of carbonyl (C=O) groups excluding carboxylic acids is 1. The fraction of sp³-hybridized carbons (Fsp3) is 0.440. The first-order valence-electron chi connectivity index (χ1n) is 10.7. The Labute approximate surface area is 187 Å². The predicted octanol–water partition coefficient (Wildman–Crippen LogP) is 7.01. The maximum atomic E-state index is 13.4. The summed E-state index contributed by atoms with van der Waals surface area (Å²) in [5.41, 5.74) is 3.33. The molecule has 6 heteroatoms. The molecule has 4 unspecified atom stereocenters. The molecule has 0 aliphatic heterocycles. The first-order chi connectivity index (χ1) is 14.8. The lowest BCUT2D eigenvalue weighted by atomic mass is 9.85. The maximum absolute atomic E-state index is 13.4. The van der Waals surface area contributed by atoms with Crippen LogP contribution in [0.15, 0.2) is 60.5 Å². The number of aromatic amines is 1. The largest absolute Gasteiger partial charge is 0.300 e. The summed E-state index contributed by atoms with van der Waals surface area (Å²) >= 11 is 0. The molecule has 1 aromatic heterocycles. The molecule has 0 amide bonds. The van der Waals surface area contributed by atoms with Gasteiger partial charge in [0.05, 0.1) is 5.69 Å². The number of alkyl halides is 1. The Kier molecular flexibility index (Phi) is 12.2. The fourth-order valence-electron chi connectivity index (χ4n) is 3.28. The summed E-state index contributed by atoms with van der Waals surface area (Å²) in [5.74, 6) is -0.535. The van der Waals surface area contributed by atoms with Crippen LogP contribution in [0.3, 0.4) is 0 Å². The summed E-state index contributed by atoms with van der Waals surface area (Å²) < 4.78 is 26.8. The molecular formula is C25H35F2N2OP. The van der Waals surface area contributed by atoms with Gasteiger partial charge in [0.2, 0.25) is 0 Å². The van der Waals surface area contributed by atoms with Crippen molar-refractivity contribution in [3.63, 3.8) is 0 Å². The van der Waals surface area contributed by atoms with E-state index in [2.05, 4.69) is 26.0 Å². The van der Waals surface area contributed by atoms with E-state index in [9.17, 15) is 13.6 Å². The van der Waals surface area contributed by atoms with E-state index in [4.69, 9.17) is 0 Å². The lowest BCUT2D eigenvalue weighted by molar-refractivity contribution is -0.119. The Morgan fingerprint density at radius 1 is 1.42 bits per heavy atom. The number of H-pyrrole nitrogens is 1. The zero-order chi connectivity index (χ0) is 23.4. The molecule has 1 N–H and O–H groups in total. The first kappa shape index (κ1) is 26.9. The number of nitrogens with zero attached hydrogens (tertiary/aromatic N) is 1. The lowest BCUT2D eigenvalue weighted by Gasteiger charge is -2.24. The number of Topliss-reactive ketones (excluding diaryl/α,β-unsaturated/α-hetero) is 1. The number of aromatic nitrogens is 2. The van der Waals surface area contributed by atoms with E-state index in [0.717, 1.165) is 35.4 Å². The monoisotopic (exact) mass is 448 g/mol. The van der Waals surface area contributed by atoms with Crippen LogP contribution in [0.25, 0.3) is 5.57 Å². The molecule has 0 saturated carbocycles. The van der Waals surface area contributed by atoms with Crippen LogP contribution in [0.4, 0.5) is 8.78 Å². The Bertz CT molecular complexity index is 851. The summed E-state index contributed by atoms with van der Waals surface area (Å²) in [7, 11) is 2.31. The van der Waals surface area contributed by atoms with Crippen LogP contribution in [-0.4, -0.2) is 27.8 Å². The number of hydrogen-bond acceptors (Lipinski definition) is 2. The molecule has 1 aliphatic carbocycles. The highest BCUT2D eigenvalue weighted by molar-refractivity contribution is 7.18. The number of nitrogens with one attached hydrogen (secondary N) is 1. The van der Waals surface area contributed by atoms with Crippen LogP contribution in [0, 0.1) is 12.8 Å². The summed E-state index contributed by atoms with van der Waals surface area (Å²) in [5, 5.41) is 7.07. The van der Waals surface area contributed by atoms with Crippen molar-refractivity contribution in [2.24, 2.45) is 5.92 Å². The molecule has 3 nitrogen and oxygen atoms in total. The first-order valence-corrected chi connectivity index (χ1v) is 11.4. The van der Waals surface area contributed by atoms with Crippen molar-refractivity contribution >= 4 is 20.6 Å². The van der Waals surface area contributed by atoms with E-state index < -0.39 is 17.7 Å². The van der Waals surface area contributed by atoms with Gasteiger partial charge in [-0.3, -0.25) is 9.89 Å². The number of ketones is 1. The Morgan fingerprint density at radius 2 is 2.13 bits per heavy atom. The van der Waals surface area contributed by atoms with E-state index in [1.807, 2.05) is 52.0 Å². The van der Waals surface area contributed by atoms with Crippen LogP contribution >= 0.6 is 9.24 Å². The molecule has 1 aliphatic rings. The van der Waals surface area contributed by atoms with Gasteiger partial charge in [0.1, 0.15) is 11.6 Å². The zero-order valence-corrected chi connectivity index (χ0v) is 20.2. The topological polar surface area (TPSA) is 45.8 Å². The highest BCUT2D eigenvalue weighted by Gasteiger charge is 2.27. The third-order valence-corrected chi connectivity index (χ3v) is 5.44. The van der Waals surface area contributed by atoms with E-state index >= 15 is 0 Å².